The molecule has 0 N–H and O–H groups in total. The van der Waals surface area contributed by atoms with E-state index in [4.69, 9.17) is 0 Å². The van der Waals surface area contributed by atoms with E-state index in [2.05, 4.69) is 12.1 Å². The van der Waals surface area contributed by atoms with E-state index >= 15 is 0 Å². The summed E-state index contributed by atoms with van der Waals surface area (Å²) in [6, 6.07) is 31.4. The van der Waals surface area contributed by atoms with Crippen LogP contribution in [0.2, 0.25) is 0 Å². The van der Waals surface area contributed by atoms with E-state index in [1.165, 1.54) is 48.5 Å². The SMILES string of the molecule is N#CC1=C(C#N)c2cc3c(cc2/C1=C(\C#N)c1cc(C#N)cc(C#N)c1)C(C(C#N)c1cc(C#N)cc(C#N)c1)C(C#N)=C3C#N. The first-order valence-corrected chi connectivity index (χ1v) is 13.1. The van der Waals surface area contributed by atoms with Crippen LogP contribution in [0.1, 0.15) is 67.5 Å². The highest BCUT2D eigenvalue weighted by Gasteiger charge is 2.41. The Morgan fingerprint density at radius 1 is 0.500 bits per heavy atom. The number of benzene rings is 3. The van der Waals surface area contributed by atoms with Gasteiger partial charge in [-0.15, -0.1) is 0 Å². The Morgan fingerprint density at radius 3 is 1.50 bits per heavy atom. The second-order valence-electron chi connectivity index (χ2n) is 10.0. The minimum Gasteiger partial charge on any atom is -0.198 e. The summed E-state index contributed by atoms with van der Waals surface area (Å²) in [5, 5.41) is 99.6. The lowest BCUT2D eigenvalue weighted by molar-refractivity contribution is 0.739. The van der Waals surface area contributed by atoms with Gasteiger partial charge in [-0.2, -0.15) is 52.6 Å². The third-order valence-corrected chi connectivity index (χ3v) is 7.76. The maximum atomic E-state index is 10.4. The minimum absolute atomic E-state index is 0.0389. The van der Waals surface area contributed by atoms with Gasteiger partial charge in [-0.1, -0.05) is 0 Å². The lowest BCUT2D eigenvalue weighted by Crippen LogP contribution is -2.11. The Balaban J connectivity index is 1.88. The van der Waals surface area contributed by atoms with Crippen molar-refractivity contribution in [1.82, 2.24) is 0 Å². The fraction of sp³-hybridized carbons (Fsp3) is 0.0556. The van der Waals surface area contributed by atoms with Crippen molar-refractivity contribution in [1.29, 1.82) is 52.6 Å². The summed E-state index contributed by atoms with van der Waals surface area (Å²) in [4.78, 5) is 0. The summed E-state index contributed by atoms with van der Waals surface area (Å²) >= 11 is 0. The molecule has 0 aliphatic heterocycles. The van der Waals surface area contributed by atoms with Crippen LogP contribution >= 0.6 is 0 Å². The van der Waals surface area contributed by atoms with Crippen molar-refractivity contribution in [3.8, 4) is 60.7 Å². The highest BCUT2D eigenvalue weighted by Crippen LogP contribution is 2.53. The number of hydrogen-bond acceptors (Lipinski definition) is 10. The molecular formula is C36H10N10. The van der Waals surface area contributed by atoms with E-state index in [1.54, 1.807) is 0 Å². The average Bonchev–Trinajstić information content (AvgIpc) is 3.57. The van der Waals surface area contributed by atoms with Crippen molar-refractivity contribution in [2.75, 3.05) is 0 Å². The summed E-state index contributed by atoms with van der Waals surface area (Å²) in [5.41, 5.74) is 1.51. The van der Waals surface area contributed by atoms with Crippen molar-refractivity contribution in [2.24, 2.45) is 0 Å². The van der Waals surface area contributed by atoms with Crippen LogP contribution in [0.15, 0.2) is 59.7 Å². The Labute approximate surface area is 262 Å². The first kappa shape index (κ1) is 29.3. The molecule has 0 aromatic heterocycles. The predicted molar refractivity (Wildman–Crippen MR) is 158 cm³/mol. The molecule has 2 aliphatic rings. The van der Waals surface area contributed by atoms with Crippen LogP contribution in [-0.4, -0.2) is 0 Å². The van der Waals surface area contributed by atoms with E-state index < -0.39 is 11.8 Å². The Kier molecular flexibility index (Phi) is 7.37. The quantitative estimate of drug-likeness (QED) is 0.345. The van der Waals surface area contributed by atoms with Crippen molar-refractivity contribution in [2.45, 2.75) is 11.8 Å². The van der Waals surface area contributed by atoms with Crippen molar-refractivity contribution >= 4 is 22.3 Å². The second-order valence-corrected chi connectivity index (χ2v) is 10.0. The van der Waals surface area contributed by atoms with E-state index in [9.17, 15) is 52.6 Å². The zero-order valence-electron chi connectivity index (χ0n) is 23.2. The average molecular weight is 583 g/mol. The maximum Gasteiger partial charge on any atom is 0.101 e. The third-order valence-electron chi connectivity index (χ3n) is 7.76. The molecule has 10 heteroatoms. The van der Waals surface area contributed by atoms with Crippen LogP contribution in [0, 0.1) is 113 Å². The third kappa shape index (κ3) is 4.35. The molecule has 5 rings (SSSR count). The van der Waals surface area contributed by atoms with Crippen LogP contribution < -0.4 is 0 Å². The zero-order valence-corrected chi connectivity index (χ0v) is 23.2. The van der Waals surface area contributed by atoms with Gasteiger partial charge in [0.15, 0.2) is 0 Å². The Hall–Kier alpha value is -8.22. The highest BCUT2D eigenvalue weighted by atomic mass is 14.5. The molecule has 3 aromatic rings. The normalized spacial score (nSPS) is 15.4. The summed E-state index contributed by atoms with van der Waals surface area (Å²) < 4.78 is 0. The van der Waals surface area contributed by atoms with Gasteiger partial charge in [0.05, 0.1) is 92.5 Å². The van der Waals surface area contributed by atoms with E-state index in [0.29, 0.717) is 5.56 Å². The molecule has 2 aliphatic carbocycles. The fourth-order valence-corrected chi connectivity index (χ4v) is 5.90. The second kappa shape index (κ2) is 11.6. The van der Waals surface area contributed by atoms with Gasteiger partial charge in [-0.3, -0.25) is 0 Å². The van der Waals surface area contributed by atoms with Gasteiger partial charge >= 0.3 is 0 Å². The minimum atomic E-state index is -1.15. The molecule has 204 valence electrons. The topological polar surface area (TPSA) is 238 Å². The Morgan fingerprint density at radius 2 is 1.04 bits per heavy atom. The molecule has 0 radical (unpaired) electrons. The summed E-state index contributed by atoms with van der Waals surface area (Å²) in [6.07, 6.45) is 0. The van der Waals surface area contributed by atoms with Crippen molar-refractivity contribution in [3.63, 3.8) is 0 Å². The van der Waals surface area contributed by atoms with Gasteiger partial charge < -0.3 is 0 Å². The number of rotatable bonds is 3. The summed E-state index contributed by atoms with van der Waals surface area (Å²) in [6.45, 7) is 0. The fourth-order valence-electron chi connectivity index (χ4n) is 5.90. The first-order chi connectivity index (χ1) is 22.4. The molecule has 0 bridgehead atoms. The standard InChI is InChI=1S/C36H10N10/c37-9-19-1-20(10-38)4-23(3-19)29(13-41)35-27-8-28-26(7-25(27)31(15-43)33(35)17-45)32(16-44)34(18-46)36(28)30(14-42)24-5-21(11-39)2-22(6-24)12-40/h1-8,29,35H/b36-30-. The van der Waals surface area contributed by atoms with Crippen LogP contribution in [0.5, 0.6) is 0 Å². The lowest BCUT2D eigenvalue weighted by Gasteiger charge is -2.21. The molecule has 0 saturated heterocycles. The monoisotopic (exact) mass is 582 g/mol. The largest absolute Gasteiger partial charge is 0.198 e. The van der Waals surface area contributed by atoms with E-state index in [-0.39, 0.29) is 83.5 Å². The van der Waals surface area contributed by atoms with E-state index in [0.717, 1.165) is 0 Å². The van der Waals surface area contributed by atoms with Crippen LogP contribution in [0.25, 0.3) is 22.3 Å². The number of nitrogens with zero attached hydrogens (tertiary/aromatic N) is 10. The van der Waals surface area contributed by atoms with Crippen molar-refractivity contribution in [3.05, 3.63) is 115 Å². The van der Waals surface area contributed by atoms with Gasteiger partial charge in [0.25, 0.3) is 0 Å². The maximum absolute atomic E-state index is 10.4. The van der Waals surface area contributed by atoms with Crippen LogP contribution in [0.3, 0.4) is 0 Å². The number of fused-ring (bicyclic) bond motifs is 2. The lowest BCUT2D eigenvalue weighted by atomic mass is 9.78. The molecule has 10 nitrogen and oxygen atoms in total. The van der Waals surface area contributed by atoms with Crippen LogP contribution in [0.4, 0.5) is 0 Å². The molecule has 0 saturated carbocycles. The van der Waals surface area contributed by atoms with E-state index in [1.807, 2.05) is 48.6 Å². The first-order valence-electron chi connectivity index (χ1n) is 13.1. The number of allylic oxidation sites excluding steroid dienone is 6. The molecule has 2 atom stereocenters. The molecular weight excluding hydrogens is 572 g/mol. The Bertz CT molecular complexity index is 2430. The van der Waals surface area contributed by atoms with Gasteiger partial charge in [0, 0.05) is 17.1 Å². The zero-order chi connectivity index (χ0) is 33.1. The molecule has 46 heavy (non-hydrogen) atoms. The van der Waals surface area contributed by atoms with Gasteiger partial charge in [0.1, 0.15) is 24.3 Å². The number of hydrogen-bond donors (Lipinski definition) is 0. The molecule has 0 spiro atoms. The van der Waals surface area contributed by atoms with Gasteiger partial charge in [0.2, 0.25) is 0 Å². The molecule has 2 unspecified atom stereocenters. The van der Waals surface area contributed by atoms with Gasteiger partial charge in [-0.25, -0.2) is 0 Å². The van der Waals surface area contributed by atoms with Gasteiger partial charge in [-0.05, 0) is 76.3 Å². The predicted octanol–water partition coefficient (Wildman–Crippen LogP) is 5.63. The smallest absolute Gasteiger partial charge is 0.101 e. The molecule has 0 heterocycles. The highest BCUT2D eigenvalue weighted by molar-refractivity contribution is 6.17. The molecule has 0 amide bonds. The molecule has 3 aromatic carbocycles. The molecule has 0 fully saturated rings. The van der Waals surface area contributed by atoms with Crippen molar-refractivity contribution < 1.29 is 0 Å². The summed E-state index contributed by atoms with van der Waals surface area (Å²) in [7, 11) is 0. The summed E-state index contributed by atoms with van der Waals surface area (Å²) in [5.74, 6) is -2.20. The van der Waals surface area contributed by atoms with Crippen LogP contribution in [-0.2, 0) is 0 Å². The number of nitriles is 10.